The molecule has 1 aromatic rings. The van der Waals surface area contributed by atoms with E-state index in [2.05, 4.69) is 21.2 Å². The maximum atomic E-state index is 11.8. The van der Waals surface area contributed by atoms with Gasteiger partial charge in [0.05, 0.1) is 0 Å². The van der Waals surface area contributed by atoms with Crippen molar-refractivity contribution in [3.63, 3.8) is 0 Å². The van der Waals surface area contributed by atoms with Gasteiger partial charge in [-0.2, -0.15) is 0 Å². The lowest BCUT2D eigenvalue weighted by Gasteiger charge is -2.18. The molecule has 0 spiro atoms. The molecule has 0 aliphatic heterocycles. The van der Waals surface area contributed by atoms with E-state index in [4.69, 9.17) is 0 Å². The number of carbonyl (C=O) groups is 2. The average Bonchev–Trinajstić information content (AvgIpc) is 2.34. The first-order chi connectivity index (χ1) is 8.49. The van der Waals surface area contributed by atoms with Gasteiger partial charge in [-0.25, -0.2) is 0 Å². The Balaban J connectivity index is 2.78. The lowest BCUT2D eigenvalue weighted by molar-refractivity contribution is -0.142. The first-order valence-electron chi connectivity index (χ1n) is 5.86. The van der Waals surface area contributed by atoms with Gasteiger partial charge in [0.2, 0.25) is 0 Å². The molecule has 98 valence electrons. The normalized spacial score (nSPS) is 10.0. The average molecular weight is 313 g/mol. The van der Waals surface area contributed by atoms with Gasteiger partial charge in [0.1, 0.15) is 0 Å². The SMILES string of the molecule is CCN(CC)C(=O)C(=O)Nc1ccc(Br)cc1C. The number of halogens is 1. The van der Waals surface area contributed by atoms with Crippen molar-refractivity contribution in [3.05, 3.63) is 28.2 Å². The predicted molar refractivity (Wildman–Crippen MR) is 75.4 cm³/mol. The number of rotatable bonds is 3. The number of nitrogens with zero attached hydrogens (tertiary/aromatic N) is 1. The van der Waals surface area contributed by atoms with Crippen LogP contribution in [-0.2, 0) is 9.59 Å². The Labute approximate surface area is 115 Å². The van der Waals surface area contributed by atoms with Crippen molar-refractivity contribution in [2.24, 2.45) is 0 Å². The molecule has 0 atom stereocenters. The Morgan fingerprint density at radius 1 is 1.28 bits per heavy atom. The van der Waals surface area contributed by atoms with Gasteiger partial charge in [-0.3, -0.25) is 9.59 Å². The third-order valence-corrected chi connectivity index (χ3v) is 3.17. The fourth-order valence-electron chi connectivity index (χ4n) is 1.60. The lowest BCUT2D eigenvalue weighted by atomic mass is 10.2. The van der Waals surface area contributed by atoms with Gasteiger partial charge in [-0.15, -0.1) is 0 Å². The molecule has 0 unspecified atom stereocenters. The van der Waals surface area contributed by atoms with Crippen LogP contribution in [0.5, 0.6) is 0 Å². The van der Waals surface area contributed by atoms with Gasteiger partial charge >= 0.3 is 11.8 Å². The van der Waals surface area contributed by atoms with Gasteiger partial charge in [0.25, 0.3) is 0 Å². The highest BCUT2D eigenvalue weighted by Gasteiger charge is 2.19. The second-order valence-electron chi connectivity index (χ2n) is 3.89. The molecule has 0 aromatic heterocycles. The minimum absolute atomic E-state index is 0.498. The molecule has 2 amide bonds. The standard InChI is InChI=1S/C13H17BrN2O2/c1-4-16(5-2)13(18)12(17)15-11-7-6-10(14)8-9(11)3/h6-8H,4-5H2,1-3H3,(H,15,17). The molecular weight excluding hydrogens is 296 g/mol. The zero-order valence-corrected chi connectivity index (χ0v) is 12.4. The predicted octanol–water partition coefficient (Wildman–Crippen LogP) is 2.56. The van der Waals surface area contributed by atoms with E-state index < -0.39 is 11.8 Å². The van der Waals surface area contributed by atoms with Crippen LogP contribution in [0.15, 0.2) is 22.7 Å². The quantitative estimate of drug-likeness (QED) is 0.872. The fraction of sp³-hybridized carbons (Fsp3) is 0.385. The van der Waals surface area contributed by atoms with Crippen LogP contribution in [0.25, 0.3) is 0 Å². The van der Waals surface area contributed by atoms with E-state index in [0.29, 0.717) is 18.8 Å². The summed E-state index contributed by atoms with van der Waals surface area (Å²) in [5, 5.41) is 2.64. The van der Waals surface area contributed by atoms with Crippen molar-refractivity contribution >= 4 is 33.4 Å². The molecule has 0 radical (unpaired) electrons. The van der Waals surface area contributed by atoms with Gasteiger partial charge in [0.15, 0.2) is 0 Å². The summed E-state index contributed by atoms with van der Waals surface area (Å²) >= 11 is 3.35. The summed E-state index contributed by atoms with van der Waals surface area (Å²) in [4.78, 5) is 25.1. The first kappa shape index (κ1) is 14.7. The van der Waals surface area contributed by atoms with Crippen molar-refractivity contribution in [1.29, 1.82) is 0 Å². The number of benzene rings is 1. The van der Waals surface area contributed by atoms with E-state index in [1.165, 1.54) is 4.90 Å². The smallest absolute Gasteiger partial charge is 0.313 e. The molecule has 0 aliphatic carbocycles. The summed E-state index contributed by atoms with van der Waals surface area (Å²) < 4.78 is 0.938. The van der Waals surface area contributed by atoms with Crippen LogP contribution in [0.4, 0.5) is 5.69 Å². The van der Waals surface area contributed by atoms with Crippen molar-refractivity contribution in [3.8, 4) is 0 Å². The first-order valence-corrected chi connectivity index (χ1v) is 6.65. The number of anilines is 1. The van der Waals surface area contributed by atoms with Gasteiger partial charge < -0.3 is 10.2 Å². The summed E-state index contributed by atoms with van der Waals surface area (Å²) in [6, 6.07) is 5.48. The largest absolute Gasteiger partial charge is 0.335 e. The molecule has 0 fully saturated rings. The molecule has 0 saturated heterocycles. The second-order valence-corrected chi connectivity index (χ2v) is 4.81. The molecule has 1 aromatic carbocycles. The molecule has 5 heteroatoms. The zero-order valence-electron chi connectivity index (χ0n) is 10.8. The topological polar surface area (TPSA) is 49.4 Å². The molecule has 1 rings (SSSR count). The maximum absolute atomic E-state index is 11.8. The molecule has 0 saturated carbocycles. The van der Waals surface area contributed by atoms with Gasteiger partial charge in [-0.1, -0.05) is 15.9 Å². The van der Waals surface area contributed by atoms with Crippen LogP contribution >= 0.6 is 15.9 Å². The van der Waals surface area contributed by atoms with Crippen molar-refractivity contribution in [2.45, 2.75) is 20.8 Å². The highest BCUT2D eigenvalue weighted by molar-refractivity contribution is 9.10. The number of likely N-dealkylation sites (N-methyl/N-ethyl adjacent to an activating group) is 1. The number of hydrogen-bond acceptors (Lipinski definition) is 2. The van der Waals surface area contributed by atoms with Gasteiger partial charge in [-0.05, 0) is 44.5 Å². The molecule has 0 aliphatic rings. The van der Waals surface area contributed by atoms with E-state index in [1.54, 1.807) is 6.07 Å². The van der Waals surface area contributed by atoms with Crippen LogP contribution < -0.4 is 5.32 Å². The van der Waals surface area contributed by atoms with Gasteiger partial charge in [0, 0.05) is 23.2 Å². The zero-order chi connectivity index (χ0) is 13.7. The summed E-state index contributed by atoms with van der Waals surface area (Å²) in [5.74, 6) is -1.09. The third kappa shape index (κ3) is 3.57. The number of nitrogens with one attached hydrogen (secondary N) is 1. The van der Waals surface area contributed by atoms with E-state index in [0.717, 1.165) is 10.0 Å². The number of hydrogen-bond donors (Lipinski definition) is 1. The number of carbonyl (C=O) groups excluding carboxylic acids is 2. The molecule has 4 nitrogen and oxygen atoms in total. The maximum Gasteiger partial charge on any atom is 0.313 e. The fourth-order valence-corrected chi connectivity index (χ4v) is 2.07. The molecule has 1 N–H and O–H groups in total. The summed E-state index contributed by atoms with van der Waals surface area (Å²) in [7, 11) is 0. The minimum atomic E-state index is -0.593. The van der Waals surface area contributed by atoms with E-state index in [9.17, 15) is 9.59 Å². The summed E-state index contributed by atoms with van der Waals surface area (Å²) in [6.07, 6.45) is 0. The summed E-state index contributed by atoms with van der Waals surface area (Å²) in [6.45, 7) is 6.63. The van der Waals surface area contributed by atoms with Crippen LogP contribution in [0.2, 0.25) is 0 Å². The lowest BCUT2D eigenvalue weighted by Crippen LogP contribution is -2.39. The molecule has 0 bridgehead atoms. The van der Waals surface area contributed by atoms with Crippen molar-refractivity contribution in [2.75, 3.05) is 18.4 Å². The molecular formula is C13H17BrN2O2. The van der Waals surface area contributed by atoms with E-state index in [-0.39, 0.29) is 0 Å². The third-order valence-electron chi connectivity index (χ3n) is 2.68. The molecule has 0 heterocycles. The Morgan fingerprint density at radius 2 is 1.89 bits per heavy atom. The van der Waals surface area contributed by atoms with Crippen LogP contribution in [0.1, 0.15) is 19.4 Å². The Bertz CT molecular complexity index is 456. The minimum Gasteiger partial charge on any atom is -0.335 e. The highest BCUT2D eigenvalue weighted by atomic mass is 79.9. The summed E-state index contributed by atoms with van der Waals surface area (Å²) in [5.41, 5.74) is 1.56. The van der Waals surface area contributed by atoms with Crippen LogP contribution in [0.3, 0.4) is 0 Å². The van der Waals surface area contributed by atoms with E-state index >= 15 is 0 Å². The molecule has 18 heavy (non-hydrogen) atoms. The number of amides is 2. The van der Waals surface area contributed by atoms with Crippen LogP contribution in [0, 0.1) is 6.92 Å². The highest BCUT2D eigenvalue weighted by Crippen LogP contribution is 2.19. The monoisotopic (exact) mass is 312 g/mol. The van der Waals surface area contributed by atoms with Crippen LogP contribution in [-0.4, -0.2) is 29.8 Å². The Hall–Kier alpha value is -1.36. The Kier molecular flexibility index (Phi) is 5.34. The second kappa shape index (κ2) is 6.54. The van der Waals surface area contributed by atoms with Crippen molar-refractivity contribution in [1.82, 2.24) is 4.90 Å². The van der Waals surface area contributed by atoms with Crippen molar-refractivity contribution < 1.29 is 9.59 Å². The number of aryl methyl sites for hydroxylation is 1. The van der Waals surface area contributed by atoms with E-state index in [1.807, 2.05) is 32.9 Å². The Morgan fingerprint density at radius 3 is 2.39 bits per heavy atom.